The number of thiophene rings is 1. The molecule has 0 aliphatic heterocycles. The van der Waals surface area contributed by atoms with Crippen molar-refractivity contribution in [2.24, 2.45) is 11.0 Å². The van der Waals surface area contributed by atoms with E-state index in [1.807, 2.05) is 24.3 Å². The second-order valence-electron chi connectivity index (χ2n) is 8.20. The number of aryl methyl sites for hydroxylation is 1. The quantitative estimate of drug-likeness (QED) is 0.504. The van der Waals surface area contributed by atoms with Crippen LogP contribution in [-0.2, 0) is 24.2 Å². The van der Waals surface area contributed by atoms with Crippen LogP contribution < -0.4 is 11.0 Å². The summed E-state index contributed by atoms with van der Waals surface area (Å²) >= 11 is 1.55. The van der Waals surface area contributed by atoms with Gasteiger partial charge in [-0.15, -0.1) is 16.4 Å². The van der Waals surface area contributed by atoms with Gasteiger partial charge < -0.3 is 0 Å². The zero-order valence-corrected chi connectivity index (χ0v) is 18.2. The summed E-state index contributed by atoms with van der Waals surface area (Å²) in [6.45, 7) is 6.28. The van der Waals surface area contributed by atoms with Crippen LogP contribution >= 0.6 is 11.3 Å². The van der Waals surface area contributed by atoms with E-state index in [2.05, 4.69) is 41.6 Å². The van der Waals surface area contributed by atoms with Crippen molar-refractivity contribution in [2.75, 3.05) is 0 Å². The fourth-order valence-corrected chi connectivity index (χ4v) is 5.03. The summed E-state index contributed by atoms with van der Waals surface area (Å²) in [5.41, 5.74) is 5.42. The van der Waals surface area contributed by atoms with E-state index in [1.54, 1.807) is 17.6 Å². The summed E-state index contributed by atoms with van der Waals surface area (Å²) in [7, 11) is 0. The molecule has 1 amide bonds. The minimum Gasteiger partial charge on any atom is -0.271 e. The lowest BCUT2D eigenvalue weighted by molar-refractivity contribution is -0.121. The van der Waals surface area contributed by atoms with Gasteiger partial charge in [-0.2, -0.15) is 5.10 Å². The highest BCUT2D eigenvalue weighted by atomic mass is 32.1. The van der Waals surface area contributed by atoms with Gasteiger partial charge >= 0.3 is 0 Å². The van der Waals surface area contributed by atoms with Gasteiger partial charge in [0, 0.05) is 4.88 Å². The highest BCUT2D eigenvalue weighted by Crippen LogP contribution is 2.35. The van der Waals surface area contributed by atoms with Crippen molar-refractivity contribution in [2.45, 2.75) is 52.5 Å². The van der Waals surface area contributed by atoms with Gasteiger partial charge in [0.1, 0.15) is 6.54 Å². The minimum atomic E-state index is -0.418. The molecule has 1 aliphatic rings. The van der Waals surface area contributed by atoms with Gasteiger partial charge in [0.15, 0.2) is 4.83 Å². The summed E-state index contributed by atoms with van der Waals surface area (Å²) in [5.74, 6) is 0.661. The van der Waals surface area contributed by atoms with E-state index >= 15 is 0 Å². The Hall–Kier alpha value is -2.87. The standard InChI is InChI=1S/C22H25N5O2S/c1-13(2)16-7-5-15(6-8-16)11-23-24-19(28)12-27-22(29)20-17-9-4-14(3)10-18(17)30-21(20)25-26-27/h5-8,11,13-14H,4,9-10,12H2,1-3H3,(H,24,28)/b23-11-. The third-order valence-electron chi connectivity index (χ3n) is 5.48. The molecule has 1 atom stereocenters. The molecule has 1 N–H and O–H groups in total. The van der Waals surface area contributed by atoms with Crippen molar-refractivity contribution >= 4 is 33.7 Å². The zero-order chi connectivity index (χ0) is 21.3. The first-order valence-corrected chi connectivity index (χ1v) is 11.0. The molecule has 1 aromatic carbocycles. The molecule has 156 valence electrons. The monoisotopic (exact) mass is 423 g/mol. The van der Waals surface area contributed by atoms with Gasteiger partial charge in [-0.1, -0.05) is 50.3 Å². The lowest BCUT2D eigenvalue weighted by atomic mass is 9.89. The van der Waals surface area contributed by atoms with E-state index in [0.717, 1.165) is 35.1 Å². The summed E-state index contributed by atoms with van der Waals surface area (Å²) in [6, 6.07) is 7.99. The van der Waals surface area contributed by atoms with Crippen LogP contribution in [-0.4, -0.2) is 27.1 Å². The number of hydrogen-bond donors (Lipinski definition) is 1. The average molecular weight is 424 g/mol. The SMILES string of the molecule is CC1CCc2c(sc3nnn(CC(=O)N/N=C\c4ccc(C(C)C)cc4)c(=O)c23)C1. The fraction of sp³-hybridized carbons (Fsp3) is 0.409. The Morgan fingerprint density at radius 2 is 2.13 bits per heavy atom. The maximum atomic E-state index is 12.9. The number of rotatable bonds is 5. The number of nitrogens with one attached hydrogen (secondary N) is 1. The molecule has 0 bridgehead atoms. The largest absolute Gasteiger partial charge is 0.279 e. The second kappa shape index (κ2) is 8.47. The number of aromatic nitrogens is 3. The molecule has 8 heteroatoms. The molecular formula is C22H25N5O2S. The predicted molar refractivity (Wildman–Crippen MR) is 119 cm³/mol. The first-order chi connectivity index (χ1) is 14.4. The average Bonchev–Trinajstić information content (AvgIpc) is 3.08. The Bertz CT molecular complexity index is 1160. The van der Waals surface area contributed by atoms with Gasteiger partial charge in [-0.25, -0.2) is 10.1 Å². The van der Waals surface area contributed by atoms with Crippen LogP contribution in [0.15, 0.2) is 34.2 Å². The van der Waals surface area contributed by atoms with E-state index in [0.29, 0.717) is 22.1 Å². The normalized spacial score (nSPS) is 16.3. The third-order valence-corrected chi connectivity index (χ3v) is 6.62. The van der Waals surface area contributed by atoms with Crippen LogP contribution in [0.25, 0.3) is 10.2 Å². The molecule has 1 unspecified atom stereocenters. The lowest BCUT2D eigenvalue weighted by Crippen LogP contribution is -2.32. The molecule has 0 saturated carbocycles. The van der Waals surface area contributed by atoms with Crippen LogP contribution in [0.1, 0.15) is 54.7 Å². The molecule has 1 aliphatic carbocycles. The predicted octanol–water partition coefficient (Wildman–Crippen LogP) is 3.25. The number of fused-ring (bicyclic) bond motifs is 3. The van der Waals surface area contributed by atoms with E-state index in [9.17, 15) is 9.59 Å². The van der Waals surface area contributed by atoms with Crippen LogP contribution in [0.4, 0.5) is 0 Å². The second-order valence-corrected chi connectivity index (χ2v) is 9.28. The molecule has 4 rings (SSSR count). The van der Waals surface area contributed by atoms with Crippen LogP contribution in [0.2, 0.25) is 0 Å². The van der Waals surface area contributed by atoms with Crippen molar-refractivity contribution in [3.05, 3.63) is 56.2 Å². The zero-order valence-electron chi connectivity index (χ0n) is 17.4. The number of carbonyl (C=O) groups is 1. The van der Waals surface area contributed by atoms with Gasteiger partial charge in [-0.3, -0.25) is 9.59 Å². The summed E-state index contributed by atoms with van der Waals surface area (Å²) < 4.78 is 1.12. The van der Waals surface area contributed by atoms with Gasteiger partial charge in [0.25, 0.3) is 11.5 Å². The maximum Gasteiger partial charge on any atom is 0.279 e. The summed E-state index contributed by atoms with van der Waals surface area (Å²) in [6.07, 6.45) is 4.50. The van der Waals surface area contributed by atoms with Crippen molar-refractivity contribution in [1.82, 2.24) is 20.4 Å². The van der Waals surface area contributed by atoms with E-state index < -0.39 is 5.91 Å². The highest BCUT2D eigenvalue weighted by molar-refractivity contribution is 7.18. The Kier molecular flexibility index (Phi) is 5.76. The van der Waals surface area contributed by atoms with Gasteiger partial charge in [0.2, 0.25) is 0 Å². The van der Waals surface area contributed by atoms with Crippen molar-refractivity contribution in [1.29, 1.82) is 0 Å². The molecular weight excluding hydrogens is 398 g/mol. The molecule has 0 fully saturated rings. The minimum absolute atomic E-state index is 0.216. The first kappa shape index (κ1) is 20.4. The Morgan fingerprint density at radius 3 is 2.87 bits per heavy atom. The molecule has 3 aromatic rings. The molecule has 0 spiro atoms. The highest BCUT2D eigenvalue weighted by Gasteiger charge is 2.24. The van der Waals surface area contributed by atoms with Gasteiger partial charge in [0.05, 0.1) is 11.6 Å². The number of benzene rings is 1. The third kappa shape index (κ3) is 4.18. The van der Waals surface area contributed by atoms with Crippen LogP contribution in [0.5, 0.6) is 0 Å². The lowest BCUT2D eigenvalue weighted by Gasteiger charge is -2.17. The van der Waals surface area contributed by atoms with Crippen LogP contribution in [0, 0.1) is 5.92 Å². The molecule has 2 heterocycles. The Balaban J connectivity index is 1.45. The fourth-order valence-electron chi connectivity index (χ4n) is 3.71. The Labute approximate surface area is 178 Å². The van der Waals surface area contributed by atoms with E-state index in [1.165, 1.54) is 10.4 Å². The number of carbonyl (C=O) groups excluding carboxylic acids is 1. The topological polar surface area (TPSA) is 89.2 Å². The van der Waals surface area contributed by atoms with E-state index in [4.69, 9.17) is 0 Å². The Morgan fingerprint density at radius 1 is 1.37 bits per heavy atom. The molecule has 0 saturated heterocycles. The van der Waals surface area contributed by atoms with Crippen LogP contribution in [0.3, 0.4) is 0 Å². The smallest absolute Gasteiger partial charge is 0.271 e. The number of amides is 1. The number of hydrazone groups is 1. The van der Waals surface area contributed by atoms with Crippen molar-refractivity contribution in [3.63, 3.8) is 0 Å². The number of nitrogens with zero attached hydrogens (tertiary/aromatic N) is 4. The first-order valence-electron chi connectivity index (χ1n) is 10.2. The molecule has 30 heavy (non-hydrogen) atoms. The molecule has 2 aromatic heterocycles. The van der Waals surface area contributed by atoms with E-state index in [-0.39, 0.29) is 12.1 Å². The number of hydrogen-bond acceptors (Lipinski definition) is 6. The van der Waals surface area contributed by atoms with Crippen molar-refractivity contribution < 1.29 is 4.79 Å². The molecule has 7 nitrogen and oxygen atoms in total. The molecule has 0 radical (unpaired) electrons. The maximum absolute atomic E-state index is 12.9. The summed E-state index contributed by atoms with van der Waals surface area (Å²) in [5, 5.41) is 12.8. The van der Waals surface area contributed by atoms with Gasteiger partial charge in [-0.05, 0) is 47.8 Å². The van der Waals surface area contributed by atoms with Crippen molar-refractivity contribution in [3.8, 4) is 0 Å². The summed E-state index contributed by atoms with van der Waals surface area (Å²) in [4.78, 5) is 27.1.